The fourth-order valence-electron chi connectivity index (χ4n) is 2.77. The smallest absolute Gasteiger partial charge is 0.409 e. The number of aliphatic imine (C=N–C) groups is 1. The first-order valence-electron chi connectivity index (χ1n) is 8.59. The number of nitrogens with one attached hydrogen (secondary N) is 1. The third-order valence-electron chi connectivity index (χ3n) is 4.08. The highest BCUT2D eigenvalue weighted by Gasteiger charge is 2.23. The van der Waals surface area contributed by atoms with E-state index in [-0.39, 0.29) is 12.1 Å². The number of thiophene rings is 1. The molecule has 1 fully saturated rings. The van der Waals surface area contributed by atoms with Crippen LogP contribution in [0.15, 0.2) is 22.5 Å². The van der Waals surface area contributed by atoms with Crippen molar-refractivity contribution in [2.24, 2.45) is 16.6 Å². The minimum atomic E-state index is -0.222. The van der Waals surface area contributed by atoms with Crippen molar-refractivity contribution in [3.05, 3.63) is 22.4 Å². The fraction of sp³-hybridized carbons (Fsp3) is 0.647. The van der Waals surface area contributed by atoms with Gasteiger partial charge in [-0.1, -0.05) is 13.0 Å². The minimum Gasteiger partial charge on any atom is -0.450 e. The van der Waals surface area contributed by atoms with Crippen LogP contribution in [0.25, 0.3) is 0 Å². The summed E-state index contributed by atoms with van der Waals surface area (Å²) in [7, 11) is 0. The highest BCUT2D eigenvalue weighted by Crippen LogP contribution is 2.15. The van der Waals surface area contributed by atoms with Gasteiger partial charge in [0, 0.05) is 30.6 Å². The van der Waals surface area contributed by atoms with Gasteiger partial charge < -0.3 is 20.7 Å². The predicted molar refractivity (Wildman–Crippen MR) is 98.4 cm³/mol. The number of ether oxygens (including phenoxy) is 1. The van der Waals surface area contributed by atoms with Gasteiger partial charge in [-0.3, -0.25) is 4.99 Å². The third kappa shape index (κ3) is 6.03. The maximum absolute atomic E-state index is 11.7. The number of likely N-dealkylation sites (tertiary alicyclic amines) is 1. The molecule has 3 N–H and O–H groups in total. The first-order chi connectivity index (χ1) is 11.6. The highest BCUT2D eigenvalue weighted by atomic mass is 32.1. The van der Waals surface area contributed by atoms with Gasteiger partial charge in [-0.05, 0) is 43.6 Å². The average Bonchev–Trinajstić information content (AvgIpc) is 3.07. The van der Waals surface area contributed by atoms with Crippen LogP contribution in [0.2, 0.25) is 0 Å². The van der Waals surface area contributed by atoms with Gasteiger partial charge in [-0.15, -0.1) is 11.3 Å². The van der Waals surface area contributed by atoms with E-state index < -0.39 is 0 Å². The lowest BCUT2D eigenvalue weighted by atomic mass is 10.1. The second kappa shape index (κ2) is 9.52. The normalized spacial score (nSPS) is 17.6. The van der Waals surface area contributed by atoms with Crippen molar-refractivity contribution in [3.8, 4) is 0 Å². The third-order valence-corrected chi connectivity index (χ3v) is 4.97. The molecule has 0 aromatic carbocycles. The zero-order chi connectivity index (χ0) is 17.4. The summed E-state index contributed by atoms with van der Waals surface area (Å²) in [5, 5.41) is 5.38. The molecule has 2 rings (SSSR count). The van der Waals surface area contributed by atoms with E-state index in [0.29, 0.717) is 31.6 Å². The monoisotopic (exact) mass is 352 g/mol. The maximum atomic E-state index is 11.7. The number of hydrogen-bond acceptors (Lipinski definition) is 4. The molecule has 1 amide bonds. The zero-order valence-corrected chi connectivity index (χ0v) is 15.3. The summed E-state index contributed by atoms with van der Waals surface area (Å²) >= 11 is 1.78. The number of carbonyl (C=O) groups is 1. The van der Waals surface area contributed by atoms with Gasteiger partial charge in [0.15, 0.2) is 5.96 Å². The number of hydrogen-bond donors (Lipinski definition) is 2. The van der Waals surface area contributed by atoms with E-state index in [1.807, 2.05) is 6.92 Å². The number of guanidine groups is 1. The van der Waals surface area contributed by atoms with Crippen LogP contribution in [0.5, 0.6) is 0 Å². The molecule has 1 saturated heterocycles. The quantitative estimate of drug-likeness (QED) is 0.609. The van der Waals surface area contributed by atoms with Crippen LogP contribution in [0.4, 0.5) is 4.79 Å². The Kier molecular flexibility index (Phi) is 7.36. The molecule has 1 aromatic heterocycles. The van der Waals surface area contributed by atoms with Crippen LogP contribution < -0.4 is 11.1 Å². The molecule has 0 saturated carbocycles. The van der Waals surface area contributed by atoms with Crippen LogP contribution in [0.3, 0.4) is 0 Å². The van der Waals surface area contributed by atoms with E-state index in [1.54, 1.807) is 16.2 Å². The predicted octanol–water partition coefficient (Wildman–Crippen LogP) is 2.45. The minimum absolute atomic E-state index is 0.222. The van der Waals surface area contributed by atoms with Crippen molar-refractivity contribution in [3.63, 3.8) is 0 Å². The molecular formula is C17H28N4O2S. The topological polar surface area (TPSA) is 80.0 Å². The summed E-state index contributed by atoms with van der Waals surface area (Å²) in [6.07, 6.45) is 2.53. The molecule has 0 bridgehead atoms. The Morgan fingerprint density at radius 3 is 2.92 bits per heavy atom. The number of carbonyl (C=O) groups excluding carboxylic acids is 1. The molecule has 6 nitrogen and oxygen atoms in total. The van der Waals surface area contributed by atoms with Crippen molar-refractivity contribution >= 4 is 23.4 Å². The van der Waals surface area contributed by atoms with E-state index in [0.717, 1.165) is 25.8 Å². The van der Waals surface area contributed by atoms with Crippen molar-refractivity contribution in [2.45, 2.75) is 39.2 Å². The molecule has 0 radical (unpaired) electrons. The Hall–Kier alpha value is -1.76. The van der Waals surface area contributed by atoms with Crippen LogP contribution in [0.1, 0.15) is 31.6 Å². The van der Waals surface area contributed by atoms with E-state index >= 15 is 0 Å². The van der Waals surface area contributed by atoms with E-state index in [2.05, 4.69) is 34.7 Å². The molecule has 1 aliphatic heterocycles. The molecule has 1 aromatic rings. The summed E-state index contributed by atoms with van der Waals surface area (Å²) < 4.78 is 5.02. The zero-order valence-electron chi connectivity index (χ0n) is 14.5. The van der Waals surface area contributed by atoms with Gasteiger partial charge in [-0.25, -0.2) is 4.79 Å². The van der Waals surface area contributed by atoms with Crippen LogP contribution in [0, 0.1) is 5.92 Å². The average molecular weight is 353 g/mol. The molecule has 0 aliphatic carbocycles. The molecule has 2 heterocycles. The summed E-state index contributed by atoms with van der Waals surface area (Å²) in [6.45, 7) is 6.53. The number of amides is 1. The lowest BCUT2D eigenvalue weighted by molar-refractivity contribution is 0.0963. The van der Waals surface area contributed by atoms with Crippen molar-refractivity contribution < 1.29 is 9.53 Å². The second-order valence-electron chi connectivity index (χ2n) is 6.22. The van der Waals surface area contributed by atoms with Crippen LogP contribution in [-0.4, -0.2) is 49.2 Å². The lowest BCUT2D eigenvalue weighted by Crippen LogP contribution is -2.48. The summed E-state index contributed by atoms with van der Waals surface area (Å²) in [6, 6.07) is 4.50. The van der Waals surface area contributed by atoms with E-state index in [4.69, 9.17) is 10.5 Å². The van der Waals surface area contributed by atoms with Gasteiger partial charge in [0.25, 0.3) is 0 Å². The fourth-order valence-corrected chi connectivity index (χ4v) is 3.64. The van der Waals surface area contributed by atoms with E-state index in [1.165, 1.54) is 4.88 Å². The number of nitrogens with two attached hydrogens (primary N) is 1. The molecule has 24 heavy (non-hydrogen) atoms. The molecule has 1 atom stereocenters. The largest absolute Gasteiger partial charge is 0.450 e. The molecule has 7 heteroatoms. The number of rotatable bonds is 6. The SMILES string of the molecule is CCOC(=O)N1CCC(NC(N)=NCC(C)Cc2cccs2)CC1. The van der Waals surface area contributed by atoms with Gasteiger partial charge in [0.2, 0.25) is 0 Å². The lowest BCUT2D eigenvalue weighted by Gasteiger charge is -2.31. The maximum Gasteiger partial charge on any atom is 0.409 e. The van der Waals surface area contributed by atoms with Gasteiger partial charge in [0.05, 0.1) is 6.61 Å². The molecular weight excluding hydrogens is 324 g/mol. The molecule has 0 spiro atoms. The first kappa shape index (κ1) is 18.6. The Bertz CT molecular complexity index is 525. The van der Waals surface area contributed by atoms with E-state index in [9.17, 15) is 4.79 Å². The van der Waals surface area contributed by atoms with Crippen LogP contribution in [-0.2, 0) is 11.2 Å². The summed E-state index contributed by atoms with van der Waals surface area (Å²) in [5.41, 5.74) is 6.00. The number of nitrogens with zero attached hydrogens (tertiary/aromatic N) is 2. The van der Waals surface area contributed by atoms with Crippen molar-refractivity contribution in [2.75, 3.05) is 26.2 Å². The van der Waals surface area contributed by atoms with Gasteiger partial charge in [0.1, 0.15) is 0 Å². The van der Waals surface area contributed by atoms with Gasteiger partial charge >= 0.3 is 6.09 Å². The number of piperidine rings is 1. The summed E-state index contributed by atoms with van der Waals surface area (Å²) in [5.74, 6) is 0.970. The Balaban J connectivity index is 1.68. The first-order valence-corrected chi connectivity index (χ1v) is 9.47. The molecule has 134 valence electrons. The van der Waals surface area contributed by atoms with Crippen LogP contribution >= 0.6 is 11.3 Å². The van der Waals surface area contributed by atoms with Crippen molar-refractivity contribution in [1.29, 1.82) is 0 Å². The molecule has 1 unspecified atom stereocenters. The second-order valence-corrected chi connectivity index (χ2v) is 7.25. The standard InChI is InChI=1S/C17H28N4O2S/c1-3-23-17(22)21-8-6-14(7-9-21)20-16(18)19-12-13(2)11-15-5-4-10-24-15/h4-5,10,13-14H,3,6-9,11-12H2,1-2H3,(H3,18,19,20). The molecule has 1 aliphatic rings. The Labute approximate surface area is 148 Å². The van der Waals surface area contributed by atoms with Crippen molar-refractivity contribution in [1.82, 2.24) is 10.2 Å². The Morgan fingerprint density at radius 2 is 2.29 bits per heavy atom. The summed E-state index contributed by atoms with van der Waals surface area (Å²) in [4.78, 5) is 19.3. The highest BCUT2D eigenvalue weighted by molar-refractivity contribution is 7.09. The van der Waals surface area contributed by atoms with Gasteiger partial charge in [-0.2, -0.15) is 0 Å². The Morgan fingerprint density at radius 1 is 1.54 bits per heavy atom.